The Morgan fingerprint density at radius 2 is 1.84 bits per heavy atom. The molecule has 3 N–H and O–H groups in total. The van der Waals surface area contributed by atoms with Crippen molar-refractivity contribution in [3.8, 4) is 0 Å². The van der Waals surface area contributed by atoms with Gasteiger partial charge in [0.05, 0.1) is 30.3 Å². The summed E-state index contributed by atoms with van der Waals surface area (Å²) in [6.45, 7) is 0.351. The fourth-order valence-corrected chi connectivity index (χ4v) is 6.54. The first kappa shape index (κ1) is 24.4. The molecule has 0 spiro atoms. The predicted molar refractivity (Wildman–Crippen MR) is 150 cm³/mol. The Hall–Kier alpha value is -3.95. The highest BCUT2D eigenvalue weighted by Crippen LogP contribution is 2.39. The number of rotatable bonds is 5. The average Bonchev–Trinajstić information content (AvgIpc) is 3.41. The molecule has 6 rings (SSSR count). The molecule has 8 nitrogen and oxygen atoms in total. The van der Waals surface area contributed by atoms with E-state index >= 15 is 0 Å². The van der Waals surface area contributed by atoms with Gasteiger partial charge >= 0.3 is 5.97 Å². The number of methoxy groups -OCH3 is 1. The molecule has 0 bridgehead atoms. The summed E-state index contributed by atoms with van der Waals surface area (Å²) in [5, 5.41) is 4.03. The smallest absolute Gasteiger partial charge is 0.341 e. The van der Waals surface area contributed by atoms with Crippen LogP contribution < -0.4 is 11.1 Å². The van der Waals surface area contributed by atoms with E-state index in [0.29, 0.717) is 44.3 Å². The zero-order chi connectivity index (χ0) is 26.4. The summed E-state index contributed by atoms with van der Waals surface area (Å²) in [5.41, 5.74) is 11.4. The van der Waals surface area contributed by atoms with Crippen LogP contribution in [0.15, 0.2) is 48.5 Å². The minimum absolute atomic E-state index is 0.211. The Labute approximate surface area is 227 Å². The van der Waals surface area contributed by atoms with Gasteiger partial charge in [-0.1, -0.05) is 35.9 Å². The lowest BCUT2D eigenvalue weighted by molar-refractivity contribution is 0.0601. The van der Waals surface area contributed by atoms with E-state index in [0.717, 1.165) is 41.7 Å². The van der Waals surface area contributed by atoms with Crippen LogP contribution in [0, 0.1) is 0 Å². The highest BCUT2D eigenvalue weighted by atomic mass is 35.5. The number of nitrogens with zero attached hydrogens (tertiary/aromatic N) is 3. The zero-order valence-corrected chi connectivity index (χ0v) is 22.2. The molecule has 1 aliphatic carbocycles. The van der Waals surface area contributed by atoms with Crippen LogP contribution in [0.2, 0.25) is 5.02 Å². The lowest BCUT2D eigenvalue weighted by Gasteiger charge is -2.12. The van der Waals surface area contributed by atoms with Crippen molar-refractivity contribution in [1.82, 2.24) is 14.5 Å². The molecule has 0 saturated carbocycles. The van der Waals surface area contributed by atoms with E-state index in [1.165, 1.54) is 18.4 Å². The Morgan fingerprint density at radius 3 is 2.61 bits per heavy atom. The number of para-hydroxylation sites is 2. The summed E-state index contributed by atoms with van der Waals surface area (Å²) < 4.78 is 6.84. The van der Waals surface area contributed by atoms with Gasteiger partial charge in [0, 0.05) is 9.90 Å². The van der Waals surface area contributed by atoms with Crippen LogP contribution in [0.4, 0.5) is 10.8 Å². The molecule has 2 aromatic carbocycles. The number of aryl methyl sites for hydroxylation is 1. The molecule has 10 heteroatoms. The first-order chi connectivity index (χ1) is 18.4. The quantitative estimate of drug-likeness (QED) is 0.268. The first-order valence-electron chi connectivity index (χ1n) is 12.3. The number of ether oxygens (including phenoxy) is 1. The number of benzene rings is 2. The zero-order valence-electron chi connectivity index (χ0n) is 20.6. The van der Waals surface area contributed by atoms with Crippen LogP contribution in [0.3, 0.4) is 0 Å². The second-order valence-corrected chi connectivity index (χ2v) is 10.8. The molecule has 192 valence electrons. The van der Waals surface area contributed by atoms with Gasteiger partial charge in [0.2, 0.25) is 0 Å². The van der Waals surface area contributed by atoms with Crippen LogP contribution in [0.1, 0.15) is 49.6 Å². The number of thiophene rings is 1. The minimum Gasteiger partial charge on any atom is -0.465 e. The van der Waals surface area contributed by atoms with Crippen molar-refractivity contribution < 1.29 is 14.3 Å². The minimum atomic E-state index is -0.457. The third-order valence-electron chi connectivity index (χ3n) is 6.84. The molecule has 0 unspecified atom stereocenters. The maximum absolute atomic E-state index is 13.8. The Morgan fingerprint density at radius 1 is 1.08 bits per heavy atom. The van der Waals surface area contributed by atoms with Gasteiger partial charge in [0.15, 0.2) is 5.65 Å². The standard InChI is InChI=1S/C28H24ClN5O3S/c1-37-28(36)21-17-9-2-5-12-20(17)38-27(21)33-26(35)22-23-25(32-19-11-4-3-10-18(19)31-23)34(24(22)30)14-15-7-6-8-16(29)13-15/h3-4,6-8,10-11,13H,2,5,9,12,14,30H2,1H3,(H,33,35). The van der Waals surface area contributed by atoms with Gasteiger partial charge in [-0.2, -0.15) is 0 Å². The summed E-state index contributed by atoms with van der Waals surface area (Å²) in [6, 6.07) is 14.9. The molecule has 1 aliphatic rings. The maximum Gasteiger partial charge on any atom is 0.341 e. The normalized spacial score (nSPS) is 13.0. The monoisotopic (exact) mass is 545 g/mol. The Bertz CT molecular complexity index is 1740. The van der Waals surface area contributed by atoms with Gasteiger partial charge in [-0.15, -0.1) is 11.3 Å². The predicted octanol–water partition coefficient (Wildman–Crippen LogP) is 5.85. The third-order valence-corrected chi connectivity index (χ3v) is 8.28. The highest BCUT2D eigenvalue weighted by Gasteiger charge is 2.30. The number of hydrogen-bond donors (Lipinski definition) is 2. The van der Waals surface area contributed by atoms with E-state index in [-0.39, 0.29) is 11.4 Å². The molecule has 0 saturated heterocycles. The number of anilines is 2. The lowest BCUT2D eigenvalue weighted by Crippen LogP contribution is -2.17. The van der Waals surface area contributed by atoms with Gasteiger partial charge in [-0.05, 0) is 61.1 Å². The molecular weight excluding hydrogens is 522 g/mol. The number of esters is 1. The molecule has 0 fully saturated rings. The molecule has 0 atom stereocenters. The number of carbonyl (C=O) groups is 2. The average molecular weight is 546 g/mol. The van der Waals surface area contributed by atoms with Crippen molar-refractivity contribution in [1.29, 1.82) is 0 Å². The van der Waals surface area contributed by atoms with E-state index in [2.05, 4.69) is 5.32 Å². The van der Waals surface area contributed by atoms with Crippen LogP contribution in [-0.4, -0.2) is 33.5 Å². The highest BCUT2D eigenvalue weighted by molar-refractivity contribution is 7.17. The third kappa shape index (κ3) is 4.17. The first-order valence-corrected chi connectivity index (χ1v) is 13.5. The van der Waals surface area contributed by atoms with Crippen LogP contribution in [0.25, 0.3) is 22.2 Å². The molecule has 38 heavy (non-hydrogen) atoms. The second kappa shape index (κ2) is 9.74. The van der Waals surface area contributed by atoms with Crippen LogP contribution in [0.5, 0.6) is 0 Å². The number of aromatic nitrogens is 3. The summed E-state index contributed by atoms with van der Waals surface area (Å²) >= 11 is 7.64. The number of amides is 1. The van der Waals surface area contributed by atoms with Gasteiger partial charge in [-0.3, -0.25) is 4.79 Å². The van der Waals surface area contributed by atoms with E-state index in [9.17, 15) is 9.59 Å². The van der Waals surface area contributed by atoms with E-state index in [1.54, 1.807) is 10.6 Å². The van der Waals surface area contributed by atoms with Crippen LogP contribution >= 0.6 is 22.9 Å². The number of halogens is 1. The molecule has 0 radical (unpaired) electrons. The number of nitrogens with one attached hydrogen (secondary N) is 1. The van der Waals surface area contributed by atoms with Crippen molar-refractivity contribution in [3.63, 3.8) is 0 Å². The molecule has 5 aromatic rings. The van der Waals surface area contributed by atoms with Gasteiger partial charge in [-0.25, -0.2) is 14.8 Å². The molecular formula is C28H24ClN5O3S. The molecule has 3 heterocycles. The SMILES string of the molecule is COC(=O)c1c(NC(=O)c2c(N)n(Cc3cccc(Cl)c3)c3nc4ccccc4nc23)sc2c1CCCC2. The van der Waals surface area contributed by atoms with Crippen LogP contribution in [-0.2, 0) is 24.1 Å². The van der Waals surface area contributed by atoms with Crippen molar-refractivity contribution >= 4 is 67.8 Å². The summed E-state index contributed by atoms with van der Waals surface area (Å²) in [5.74, 6) is -0.679. The molecule has 0 aliphatic heterocycles. The molecule has 3 aromatic heterocycles. The Kier molecular flexibility index (Phi) is 6.25. The Balaban J connectivity index is 1.49. The number of nitrogen functional groups attached to an aromatic ring is 1. The van der Waals surface area contributed by atoms with Crippen molar-refractivity contribution in [2.24, 2.45) is 0 Å². The summed E-state index contributed by atoms with van der Waals surface area (Å²) in [4.78, 5) is 37.3. The number of hydrogen-bond acceptors (Lipinski definition) is 7. The lowest BCUT2D eigenvalue weighted by atomic mass is 9.95. The van der Waals surface area contributed by atoms with Gasteiger partial charge in [0.25, 0.3) is 5.91 Å². The topological polar surface area (TPSA) is 112 Å². The number of carbonyl (C=O) groups excluding carboxylic acids is 2. The fourth-order valence-electron chi connectivity index (χ4n) is 5.06. The van der Waals surface area contributed by atoms with Gasteiger partial charge in [0.1, 0.15) is 21.9 Å². The fraction of sp³-hybridized carbons (Fsp3) is 0.214. The summed E-state index contributed by atoms with van der Waals surface area (Å²) in [6.07, 6.45) is 3.70. The van der Waals surface area contributed by atoms with Crippen molar-refractivity contribution in [3.05, 3.63) is 80.7 Å². The van der Waals surface area contributed by atoms with E-state index in [1.807, 2.05) is 42.5 Å². The van der Waals surface area contributed by atoms with Crippen molar-refractivity contribution in [2.45, 2.75) is 32.2 Å². The van der Waals surface area contributed by atoms with Gasteiger partial charge < -0.3 is 20.4 Å². The van der Waals surface area contributed by atoms with E-state index in [4.69, 9.17) is 32.0 Å². The maximum atomic E-state index is 13.8. The molecule has 1 amide bonds. The number of nitrogens with two attached hydrogens (primary N) is 1. The largest absolute Gasteiger partial charge is 0.465 e. The second-order valence-electron chi connectivity index (χ2n) is 9.22. The summed E-state index contributed by atoms with van der Waals surface area (Å²) in [7, 11) is 1.35. The van der Waals surface area contributed by atoms with E-state index < -0.39 is 11.9 Å². The van der Waals surface area contributed by atoms with Crippen molar-refractivity contribution in [2.75, 3.05) is 18.2 Å². The number of fused-ring (bicyclic) bond motifs is 3.